The van der Waals surface area contributed by atoms with Gasteiger partial charge in [-0.3, -0.25) is 0 Å². The highest BCUT2D eigenvalue weighted by atomic mass is 16.5. The van der Waals surface area contributed by atoms with Gasteiger partial charge in [-0.05, 0) is 50.4 Å². The Kier molecular flexibility index (Phi) is 1.05. The third kappa shape index (κ3) is 0.558. The molecule has 4 saturated carbocycles. The van der Waals surface area contributed by atoms with E-state index in [0.29, 0.717) is 21.7 Å². The van der Waals surface area contributed by atoms with Crippen LogP contribution in [0.15, 0.2) is 12.2 Å². The number of ether oxygens (including phenoxy) is 1. The first-order valence-corrected chi connectivity index (χ1v) is 7.15. The van der Waals surface area contributed by atoms with E-state index in [0.717, 1.165) is 0 Å². The lowest BCUT2D eigenvalue weighted by Crippen LogP contribution is -2.48. The van der Waals surface area contributed by atoms with Gasteiger partial charge in [-0.2, -0.15) is 0 Å². The van der Waals surface area contributed by atoms with E-state index >= 15 is 0 Å². The SMILES string of the molecule is CC12CC34CC1(C)CC3(C2)C1(C)C=CC4(C)O1. The average molecular weight is 230 g/mol. The van der Waals surface area contributed by atoms with E-state index in [4.69, 9.17) is 4.74 Å². The monoisotopic (exact) mass is 230 g/mol. The van der Waals surface area contributed by atoms with Gasteiger partial charge in [0.1, 0.15) is 0 Å². The zero-order chi connectivity index (χ0) is 11.9. The maximum atomic E-state index is 6.56. The fourth-order valence-corrected chi connectivity index (χ4v) is 7.44. The van der Waals surface area contributed by atoms with Crippen LogP contribution >= 0.6 is 0 Å². The van der Waals surface area contributed by atoms with Crippen LogP contribution in [-0.2, 0) is 4.74 Å². The first-order chi connectivity index (χ1) is 7.74. The van der Waals surface area contributed by atoms with Gasteiger partial charge in [0.15, 0.2) is 0 Å². The summed E-state index contributed by atoms with van der Waals surface area (Å²) in [5, 5.41) is 0. The normalized spacial score (nSPS) is 77.4. The van der Waals surface area contributed by atoms with Gasteiger partial charge in [0.05, 0.1) is 11.2 Å². The smallest absolute Gasteiger partial charge is 0.0910 e. The van der Waals surface area contributed by atoms with Gasteiger partial charge < -0.3 is 4.74 Å². The molecule has 0 aromatic carbocycles. The van der Waals surface area contributed by atoms with Crippen molar-refractivity contribution < 1.29 is 4.74 Å². The van der Waals surface area contributed by atoms with E-state index in [-0.39, 0.29) is 11.2 Å². The van der Waals surface area contributed by atoms with Gasteiger partial charge in [-0.25, -0.2) is 0 Å². The molecule has 1 heteroatoms. The van der Waals surface area contributed by atoms with Crippen LogP contribution in [0.5, 0.6) is 0 Å². The Hall–Kier alpha value is -0.300. The molecule has 2 spiro atoms. The van der Waals surface area contributed by atoms with Crippen molar-refractivity contribution >= 4 is 0 Å². The van der Waals surface area contributed by atoms with Gasteiger partial charge in [-0.1, -0.05) is 26.0 Å². The molecule has 0 aromatic heterocycles. The molecule has 2 atom stereocenters. The molecule has 2 heterocycles. The van der Waals surface area contributed by atoms with Crippen LogP contribution in [0, 0.1) is 21.7 Å². The molecular formula is C16H22O. The molecule has 0 N–H and O–H groups in total. The highest BCUT2D eigenvalue weighted by molar-refractivity contribution is 5.47. The first kappa shape index (κ1) is 9.61. The molecule has 6 rings (SSSR count). The van der Waals surface area contributed by atoms with Crippen molar-refractivity contribution in [1.29, 1.82) is 0 Å². The molecule has 0 amide bonds. The van der Waals surface area contributed by atoms with Crippen LogP contribution in [-0.4, -0.2) is 11.2 Å². The number of fused-ring (bicyclic) bond motifs is 2. The van der Waals surface area contributed by atoms with Crippen molar-refractivity contribution in [3.05, 3.63) is 12.2 Å². The number of hydrogen-bond acceptors (Lipinski definition) is 1. The molecule has 2 aliphatic heterocycles. The summed E-state index contributed by atoms with van der Waals surface area (Å²) >= 11 is 0. The Morgan fingerprint density at radius 3 is 1.41 bits per heavy atom. The lowest BCUT2D eigenvalue weighted by molar-refractivity contribution is -0.0548. The Bertz CT molecular complexity index is 446. The molecular weight excluding hydrogens is 208 g/mol. The standard InChI is InChI=1S/C16H22O/c1-11-7-15-9-12(11,2)10-16(15,8-11)14(4)6-5-13(15,3)17-14/h5-6H,7-10H2,1-4H3. The molecule has 5 fully saturated rings. The molecule has 0 aromatic rings. The van der Waals surface area contributed by atoms with Gasteiger partial charge in [0.25, 0.3) is 0 Å². The van der Waals surface area contributed by atoms with Crippen molar-refractivity contribution in [2.45, 2.75) is 64.6 Å². The van der Waals surface area contributed by atoms with Crippen molar-refractivity contribution in [2.24, 2.45) is 21.7 Å². The number of hydrogen-bond donors (Lipinski definition) is 0. The molecule has 6 bridgehead atoms. The van der Waals surface area contributed by atoms with Crippen LogP contribution in [0.2, 0.25) is 0 Å². The van der Waals surface area contributed by atoms with E-state index in [1.807, 2.05) is 0 Å². The molecule has 1 saturated heterocycles. The Morgan fingerprint density at radius 1 is 0.706 bits per heavy atom. The van der Waals surface area contributed by atoms with Crippen LogP contribution < -0.4 is 0 Å². The molecule has 4 aliphatic carbocycles. The minimum absolute atomic E-state index is 0.0355. The lowest BCUT2D eigenvalue weighted by Gasteiger charge is -2.46. The minimum atomic E-state index is 0.0355. The van der Waals surface area contributed by atoms with Crippen molar-refractivity contribution in [1.82, 2.24) is 0 Å². The van der Waals surface area contributed by atoms with Crippen LogP contribution in [0.4, 0.5) is 0 Å². The fourth-order valence-electron chi connectivity index (χ4n) is 7.44. The topological polar surface area (TPSA) is 9.23 Å². The van der Waals surface area contributed by atoms with Crippen LogP contribution in [0.3, 0.4) is 0 Å². The molecule has 2 unspecified atom stereocenters. The van der Waals surface area contributed by atoms with E-state index in [1.165, 1.54) is 25.7 Å². The second-order valence-corrected chi connectivity index (χ2v) is 8.64. The van der Waals surface area contributed by atoms with Crippen LogP contribution in [0.1, 0.15) is 53.4 Å². The van der Waals surface area contributed by atoms with E-state index in [1.54, 1.807) is 0 Å². The van der Waals surface area contributed by atoms with Crippen molar-refractivity contribution in [3.63, 3.8) is 0 Å². The summed E-state index contributed by atoms with van der Waals surface area (Å²) in [5.74, 6) is 0. The van der Waals surface area contributed by atoms with E-state index in [9.17, 15) is 0 Å². The Labute approximate surface area is 104 Å². The predicted molar refractivity (Wildman–Crippen MR) is 66.6 cm³/mol. The number of rotatable bonds is 0. The third-order valence-electron chi connectivity index (χ3n) is 8.18. The summed E-state index contributed by atoms with van der Waals surface area (Å²) in [4.78, 5) is 0. The quantitative estimate of drug-likeness (QED) is 0.577. The summed E-state index contributed by atoms with van der Waals surface area (Å²) in [6.07, 6.45) is 10.4. The second-order valence-electron chi connectivity index (χ2n) is 8.64. The van der Waals surface area contributed by atoms with Gasteiger partial charge in [0.2, 0.25) is 0 Å². The fraction of sp³-hybridized carbons (Fsp3) is 0.875. The maximum Gasteiger partial charge on any atom is 0.0910 e. The molecule has 92 valence electrons. The third-order valence-corrected chi connectivity index (χ3v) is 8.18. The van der Waals surface area contributed by atoms with Crippen molar-refractivity contribution in [3.8, 4) is 0 Å². The highest BCUT2D eigenvalue weighted by Crippen LogP contribution is 2.94. The zero-order valence-electron chi connectivity index (χ0n) is 11.4. The summed E-state index contributed by atoms with van der Waals surface area (Å²) in [7, 11) is 0. The largest absolute Gasteiger partial charge is 0.360 e. The summed E-state index contributed by atoms with van der Waals surface area (Å²) in [6, 6.07) is 0. The maximum absolute atomic E-state index is 6.56. The minimum Gasteiger partial charge on any atom is -0.360 e. The lowest BCUT2D eigenvalue weighted by atomic mass is 9.54. The summed E-state index contributed by atoms with van der Waals surface area (Å²) in [5.41, 5.74) is 2.18. The van der Waals surface area contributed by atoms with E-state index < -0.39 is 0 Å². The van der Waals surface area contributed by atoms with Gasteiger partial charge in [-0.15, -0.1) is 0 Å². The summed E-state index contributed by atoms with van der Waals surface area (Å²) < 4.78 is 6.56. The summed E-state index contributed by atoms with van der Waals surface area (Å²) in [6.45, 7) is 9.83. The molecule has 6 aliphatic rings. The average Bonchev–Trinajstić information content (AvgIpc) is 2.83. The van der Waals surface area contributed by atoms with Crippen LogP contribution in [0.25, 0.3) is 0 Å². The molecule has 0 radical (unpaired) electrons. The zero-order valence-corrected chi connectivity index (χ0v) is 11.4. The van der Waals surface area contributed by atoms with Gasteiger partial charge in [0, 0.05) is 10.8 Å². The molecule has 17 heavy (non-hydrogen) atoms. The van der Waals surface area contributed by atoms with E-state index in [2.05, 4.69) is 39.8 Å². The van der Waals surface area contributed by atoms with Gasteiger partial charge >= 0.3 is 0 Å². The van der Waals surface area contributed by atoms with Crippen molar-refractivity contribution in [2.75, 3.05) is 0 Å². The predicted octanol–water partition coefficient (Wildman–Crippen LogP) is 3.69. The highest BCUT2D eigenvalue weighted by Gasteiger charge is 2.91. The second kappa shape index (κ2) is 1.86. The molecule has 1 nitrogen and oxygen atoms in total. The first-order valence-electron chi connectivity index (χ1n) is 7.15. The Balaban J connectivity index is 1.89. The Morgan fingerprint density at radius 2 is 1.06 bits per heavy atom.